The van der Waals surface area contributed by atoms with E-state index in [1.807, 2.05) is 0 Å². The predicted molar refractivity (Wildman–Crippen MR) is 167 cm³/mol. The van der Waals surface area contributed by atoms with Crippen LogP contribution >= 0.6 is 0 Å². The molecule has 0 aromatic heterocycles. The van der Waals surface area contributed by atoms with E-state index in [9.17, 15) is 0 Å². The minimum atomic E-state index is 0.943. The van der Waals surface area contributed by atoms with Crippen LogP contribution in [0.2, 0.25) is 0 Å². The highest BCUT2D eigenvalue weighted by Crippen LogP contribution is 2.47. The molecule has 0 aliphatic heterocycles. The number of hydrogen-bond acceptors (Lipinski definition) is 0. The molecular weight excluding hydrogens is 468 g/mol. The maximum Gasteiger partial charge on any atom is -0.000705 e. The Hall–Kier alpha value is -4.94. The number of hydrogen-bond donors (Lipinski definition) is 0. The Bertz CT molecular complexity index is 2030. The van der Waals surface area contributed by atoms with Crippen LogP contribution in [0.4, 0.5) is 0 Å². The van der Waals surface area contributed by atoms with Crippen molar-refractivity contribution in [3.8, 4) is 11.1 Å². The zero-order valence-electron chi connectivity index (χ0n) is 21.6. The molecule has 182 valence electrons. The van der Waals surface area contributed by atoms with Crippen LogP contribution in [0.5, 0.6) is 0 Å². The van der Waals surface area contributed by atoms with E-state index in [0.717, 1.165) is 6.42 Å². The second kappa shape index (κ2) is 8.82. The van der Waals surface area contributed by atoms with Gasteiger partial charge in [0.2, 0.25) is 0 Å². The zero-order chi connectivity index (χ0) is 25.8. The molecule has 1 aliphatic rings. The van der Waals surface area contributed by atoms with Crippen molar-refractivity contribution in [2.75, 3.05) is 0 Å². The monoisotopic (exact) mass is 494 g/mol. The van der Waals surface area contributed by atoms with Crippen molar-refractivity contribution in [2.45, 2.75) is 6.42 Å². The quantitative estimate of drug-likeness (QED) is 0.214. The summed E-state index contributed by atoms with van der Waals surface area (Å²) in [7, 11) is 0. The minimum absolute atomic E-state index is 0.943. The normalized spacial score (nSPS) is 12.9. The Labute approximate surface area is 228 Å². The van der Waals surface area contributed by atoms with E-state index in [-0.39, 0.29) is 0 Å². The fourth-order valence-corrected chi connectivity index (χ4v) is 6.60. The summed E-state index contributed by atoms with van der Waals surface area (Å²) < 4.78 is 0. The molecule has 0 N–H and O–H groups in total. The second-order valence-corrected chi connectivity index (χ2v) is 10.5. The predicted octanol–water partition coefficient (Wildman–Crippen LogP) is 10.3. The average Bonchev–Trinajstić information content (AvgIpc) is 3.42. The summed E-state index contributed by atoms with van der Waals surface area (Å²) in [5, 5.41) is 7.87. The summed E-state index contributed by atoms with van der Waals surface area (Å²) in [6, 6.07) is 53.3. The smallest absolute Gasteiger partial charge is 0.000705 e. The Morgan fingerprint density at radius 2 is 0.897 bits per heavy atom. The molecule has 1 aliphatic carbocycles. The van der Waals surface area contributed by atoms with Crippen LogP contribution in [0.1, 0.15) is 22.3 Å². The Morgan fingerprint density at radius 3 is 1.54 bits per heavy atom. The van der Waals surface area contributed by atoms with Gasteiger partial charge in [-0.3, -0.25) is 0 Å². The van der Waals surface area contributed by atoms with Gasteiger partial charge in [-0.25, -0.2) is 0 Å². The first-order valence-corrected chi connectivity index (χ1v) is 13.7. The van der Waals surface area contributed by atoms with E-state index < -0.39 is 0 Å². The van der Waals surface area contributed by atoms with E-state index in [1.165, 1.54) is 76.8 Å². The van der Waals surface area contributed by atoms with Crippen LogP contribution in [0, 0.1) is 0 Å². The van der Waals surface area contributed by atoms with Gasteiger partial charge in [-0.05, 0) is 89.3 Å². The molecular formula is C39H26. The average molecular weight is 495 g/mol. The van der Waals surface area contributed by atoms with Crippen molar-refractivity contribution in [1.82, 2.24) is 0 Å². The van der Waals surface area contributed by atoms with Crippen LogP contribution in [-0.4, -0.2) is 0 Å². The van der Waals surface area contributed by atoms with Crippen molar-refractivity contribution in [2.24, 2.45) is 0 Å². The molecule has 0 amide bonds. The molecule has 0 heteroatoms. The van der Waals surface area contributed by atoms with Gasteiger partial charge in [0.05, 0.1) is 0 Å². The molecule has 39 heavy (non-hydrogen) atoms. The van der Waals surface area contributed by atoms with Crippen LogP contribution < -0.4 is 0 Å². The lowest BCUT2D eigenvalue weighted by atomic mass is 9.87. The van der Waals surface area contributed by atoms with E-state index in [0.29, 0.717) is 0 Å². The molecule has 0 unspecified atom stereocenters. The van der Waals surface area contributed by atoms with E-state index in [2.05, 4.69) is 146 Å². The fourth-order valence-electron chi connectivity index (χ4n) is 6.60. The summed E-state index contributed by atoms with van der Waals surface area (Å²) in [6.45, 7) is 0. The van der Waals surface area contributed by atoms with E-state index in [1.54, 1.807) is 0 Å². The summed E-state index contributed by atoms with van der Waals surface area (Å²) in [4.78, 5) is 0. The first-order chi connectivity index (χ1) is 19.4. The Balaban J connectivity index is 1.42. The molecule has 7 aromatic carbocycles. The molecule has 7 aromatic rings. The fraction of sp³-hybridized carbons (Fsp3) is 0.0256. The molecule has 0 saturated carbocycles. The van der Waals surface area contributed by atoms with Gasteiger partial charge in [0.15, 0.2) is 0 Å². The lowest BCUT2D eigenvalue weighted by molar-refractivity contribution is 1.32. The van der Waals surface area contributed by atoms with Gasteiger partial charge in [0.25, 0.3) is 0 Å². The molecule has 0 bridgehead atoms. The third-order valence-electron chi connectivity index (χ3n) is 8.31. The van der Waals surface area contributed by atoms with Gasteiger partial charge in [-0.15, -0.1) is 0 Å². The number of rotatable bonds is 3. The molecule has 0 heterocycles. The van der Waals surface area contributed by atoms with E-state index in [4.69, 9.17) is 0 Å². The van der Waals surface area contributed by atoms with Crippen molar-refractivity contribution in [3.05, 3.63) is 168 Å². The molecule has 0 fully saturated rings. The molecule has 8 rings (SSSR count). The zero-order valence-corrected chi connectivity index (χ0v) is 21.6. The third-order valence-corrected chi connectivity index (χ3v) is 8.31. The summed E-state index contributed by atoms with van der Waals surface area (Å²) >= 11 is 0. The SMILES string of the molecule is c1ccc(C2=C(c3ccccc3)c3c(cccc3-c3ccc4c5ccccc5c5ccccc5c4c3)C2)cc1. The standard InChI is InChI=1S/C39H26/c1-3-12-26(13-4-1)36-25-29-16-11-21-30(39(29)38(36)27-14-5-2-6-15-27)28-22-23-35-33-19-8-7-17-31(33)32-18-9-10-20-34(32)37(35)24-28/h1-24H,25H2. The van der Waals surface area contributed by atoms with E-state index >= 15 is 0 Å². The molecule has 0 atom stereocenters. The van der Waals surface area contributed by atoms with Gasteiger partial charge in [-0.1, -0.05) is 140 Å². The lowest BCUT2D eigenvalue weighted by Crippen LogP contribution is -1.93. The summed E-state index contributed by atoms with van der Waals surface area (Å²) in [5.74, 6) is 0. The molecule has 0 radical (unpaired) electrons. The Morgan fingerprint density at radius 1 is 0.359 bits per heavy atom. The second-order valence-electron chi connectivity index (χ2n) is 10.5. The lowest BCUT2D eigenvalue weighted by Gasteiger charge is -2.16. The number of allylic oxidation sites excluding steroid dienone is 1. The van der Waals surface area contributed by atoms with Crippen molar-refractivity contribution in [1.29, 1.82) is 0 Å². The Kier molecular flexibility index (Phi) is 5.00. The maximum atomic E-state index is 2.42. The van der Waals surface area contributed by atoms with Crippen LogP contribution in [0.3, 0.4) is 0 Å². The number of benzene rings is 7. The summed E-state index contributed by atoms with van der Waals surface area (Å²) in [6.07, 6.45) is 0.943. The minimum Gasteiger partial charge on any atom is -0.0622 e. The first kappa shape index (κ1) is 22.1. The van der Waals surface area contributed by atoms with Crippen molar-refractivity contribution < 1.29 is 0 Å². The largest absolute Gasteiger partial charge is 0.0622 e. The van der Waals surface area contributed by atoms with Gasteiger partial charge in [0.1, 0.15) is 0 Å². The van der Waals surface area contributed by atoms with Gasteiger partial charge >= 0.3 is 0 Å². The molecule has 0 spiro atoms. The van der Waals surface area contributed by atoms with Gasteiger partial charge in [-0.2, -0.15) is 0 Å². The van der Waals surface area contributed by atoms with Crippen LogP contribution in [-0.2, 0) is 6.42 Å². The van der Waals surface area contributed by atoms with Crippen LogP contribution in [0.15, 0.2) is 146 Å². The van der Waals surface area contributed by atoms with Gasteiger partial charge in [0, 0.05) is 0 Å². The topological polar surface area (TPSA) is 0 Å². The third kappa shape index (κ3) is 3.46. The highest BCUT2D eigenvalue weighted by atomic mass is 14.3. The highest BCUT2D eigenvalue weighted by molar-refractivity contribution is 6.25. The molecule has 0 saturated heterocycles. The maximum absolute atomic E-state index is 2.42. The van der Waals surface area contributed by atoms with Crippen molar-refractivity contribution in [3.63, 3.8) is 0 Å². The first-order valence-electron chi connectivity index (χ1n) is 13.7. The van der Waals surface area contributed by atoms with Gasteiger partial charge < -0.3 is 0 Å². The molecule has 0 nitrogen and oxygen atoms in total. The summed E-state index contributed by atoms with van der Waals surface area (Å²) in [5.41, 5.74) is 10.7. The van der Waals surface area contributed by atoms with Crippen molar-refractivity contribution >= 4 is 43.5 Å². The number of fused-ring (bicyclic) bond motifs is 7. The highest BCUT2D eigenvalue weighted by Gasteiger charge is 2.26. The van der Waals surface area contributed by atoms with Crippen LogP contribution in [0.25, 0.3) is 54.6 Å².